The molecule has 1 aromatic heterocycles. The van der Waals surface area contributed by atoms with Crippen molar-refractivity contribution in [1.29, 1.82) is 0 Å². The van der Waals surface area contributed by atoms with E-state index < -0.39 is 0 Å². The molecular formula is C16H18N2O. The molecule has 0 saturated heterocycles. The van der Waals surface area contributed by atoms with Crippen molar-refractivity contribution in [3.8, 4) is 5.75 Å². The minimum absolute atomic E-state index is 0.466. The summed E-state index contributed by atoms with van der Waals surface area (Å²) < 4.78 is 5.94. The predicted molar refractivity (Wildman–Crippen MR) is 75.1 cm³/mol. The van der Waals surface area contributed by atoms with E-state index in [0.717, 1.165) is 24.3 Å². The number of rotatable bonds is 4. The van der Waals surface area contributed by atoms with E-state index in [0.29, 0.717) is 12.6 Å². The number of nitrogens with zero attached hydrogens (tertiary/aromatic N) is 1. The third kappa shape index (κ3) is 2.47. The van der Waals surface area contributed by atoms with Gasteiger partial charge in [-0.05, 0) is 49.2 Å². The van der Waals surface area contributed by atoms with Crippen molar-refractivity contribution in [2.24, 2.45) is 0 Å². The normalized spacial score (nSPS) is 17.2. The first-order chi connectivity index (χ1) is 9.38. The Bertz CT molecular complexity index is 554. The summed E-state index contributed by atoms with van der Waals surface area (Å²) in [6.07, 6.45) is 4.03. The van der Waals surface area contributed by atoms with Crippen LogP contribution in [-0.2, 0) is 13.0 Å². The molecule has 1 N–H and O–H groups in total. The standard InChI is InChI=1S/C16H18N2O/c1-17-15-9-8-14-13(15)6-4-7-16(14)19-11-12-5-2-3-10-18-12/h2-7,10,15,17H,8-9,11H2,1H3. The van der Waals surface area contributed by atoms with E-state index in [-0.39, 0.29) is 0 Å². The van der Waals surface area contributed by atoms with Crippen LogP contribution in [0, 0.1) is 0 Å². The van der Waals surface area contributed by atoms with Gasteiger partial charge in [0.15, 0.2) is 0 Å². The van der Waals surface area contributed by atoms with Crippen LogP contribution >= 0.6 is 0 Å². The third-order valence-corrected chi connectivity index (χ3v) is 3.68. The largest absolute Gasteiger partial charge is 0.487 e. The molecule has 1 aromatic carbocycles. The van der Waals surface area contributed by atoms with Gasteiger partial charge in [-0.2, -0.15) is 0 Å². The number of pyridine rings is 1. The molecular weight excluding hydrogens is 236 g/mol. The lowest BCUT2D eigenvalue weighted by molar-refractivity contribution is 0.298. The number of hydrogen-bond acceptors (Lipinski definition) is 3. The second kappa shape index (κ2) is 5.41. The fourth-order valence-electron chi connectivity index (χ4n) is 2.69. The quantitative estimate of drug-likeness (QED) is 0.911. The van der Waals surface area contributed by atoms with Crippen molar-refractivity contribution in [1.82, 2.24) is 10.3 Å². The van der Waals surface area contributed by atoms with E-state index >= 15 is 0 Å². The molecule has 19 heavy (non-hydrogen) atoms. The summed E-state index contributed by atoms with van der Waals surface area (Å²) in [4.78, 5) is 4.28. The van der Waals surface area contributed by atoms with Gasteiger partial charge in [0.25, 0.3) is 0 Å². The topological polar surface area (TPSA) is 34.1 Å². The van der Waals surface area contributed by atoms with Crippen molar-refractivity contribution >= 4 is 0 Å². The molecule has 1 unspecified atom stereocenters. The highest BCUT2D eigenvalue weighted by Gasteiger charge is 2.23. The van der Waals surface area contributed by atoms with E-state index in [1.165, 1.54) is 11.1 Å². The van der Waals surface area contributed by atoms with Gasteiger partial charge in [-0.25, -0.2) is 0 Å². The summed E-state index contributed by atoms with van der Waals surface area (Å²) in [7, 11) is 2.02. The number of aromatic nitrogens is 1. The molecule has 1 heterocycles. The molecule has 2 aromatic rings. The molecule has 0 amide bonds. The lowest BCUT2D eigenvalue weighted by Crippen LogP contribution is -2.12. The summed E-state index contributed by atoms with van der Waals surface area (Å²) in [5.74, 6) is 1.00. The van der Waals surface area contributed by atoms with Crippen molar-refractivity contribution in [2.45, 2.75) is 25.5 Å². The molecule has 0 spiro atoms. The van der Waals surface area contributed by atoms with Gasteiger partial charge in [0.2, 0.25) is 0 Å². The maximum atomic E-state index is 5.94. The fourth-order valence-corrected chi connectivity index (χ4v) is 2.69. The average molecular weight is 254 g/mol. The first kappa shape index (κ1) is 12.2. The van der Waals surface area contributed by atoms with Crippen LogP contribution in [0.2, 0.25) is 0 Å². The lowest BCUT2D eigenvalue weighted by atomic mass is 10.1. The Morgan fingerprint density at radius 3 is 3.00 bits per heavy atom. The van der Waals surface area contributed by atoms with Gasteiger partial charge in [-0.1, -0.05) is 18.2 Å². The Labute approximate surface area is 113 Å². The van der Waals surface area contributed by atoms with Crippen LogP contribution < -0.4 is 10.1 Å². The van der Waals surface area contributed by atoms with E-state index in [2.05, 4.69) is 28.5 Å². The van der Waals surface area contributed by atoms with Gasteiger partial charge in [0, 0.05) is 12.2 Å². The van der Waals surface area contributed by atoms with Gasteiger partial charge < -0.3 is 10.1 Å². The zero-order chi connectivity index (χ0) is 13.1. The first-order valence-electron chi connectivity index (χ1n) is 6.70. The van der Waals surface area contributed by atoms with Crippen molar-refractivity contribution in [3.63, 3.8) is 0 Å². The maximum Gasteiger partial charge on any atom is 0.130 e. The second-order valence-electron chi connectivity index (χ2n) is 4.81. The number of fused-ring (bicyclic) bond motifs is 1. The SMILES string of the molecule is CNC1CCc2c(OCc3ccccn3)cccc21. The molecule has 3 nitrogen and oxygen atoms in total. The molecule has 3 heteroatoms. The minimum Gasteiger partial charge on any atom is -0.487 e. The minimum atomic E-state index is 0.466. The Kier molecular flexibility index (Phi) is 3.47. The van der Waals surface area contributed by atoms with E-state index in [1.807, 2.05) is 25.2 Å². The predicted octanol–water partition coefficient (Wildman–Crippen LogP) is 2.87. The van der Waals surface area contributed by atoms with E-state index in [1.54, 1.807) is 6.20 Å². The number of nitrogens with one attached hydrogen (secondary N) is 1. The van der Waals surface area contributed by atoms with Crippen LogP contribution in [0.25, 0.3) is 0 Å². The van der Waals surface area contributed by atoms with Crippen molar-refractivity contribution in [3.05, 3.63) is 59.4 Å². The molecule has 0 aliphatic heterocycles. The summed E-state index contributed by atoms with van der Waals surface area (Å²) in [6.45, 7) is 0.529. The molecule has 98 valence electrons. The van der Waals surface area contributed by atoms with Crippen LogP contribution in [0.4, 0.5) is 0 Å². The fraction of sp³-hybridized carbons (Fsp3) is 0.312. The van der Waals surface area contributed by atoms with Gasteiger partial charge in [-0.15, -0.1) is 0 Å². The highest BCUT2D eigenvalue weighted by molar-refractivity contribution is 5.45. The molecule has 0 bridgehead atoms. The van der Waals surface area contributed by atoms with E-state index in [9.17, 15) is 0 Å². The Morgan fingerprint density at radius 1 is 1.26 bits per heavy atom. The average Bonchev–Trinajstić information content (AvgIpc) is 2.90. The molecule has 0 fully saturated rings. The summed E-state index contributed by atoms with van der Waals surface area (Å²) in [5.41, 5.74) is 3.68. The van der Waals surface area contributed by atoms with Crippen molar-refractivity contribution in [2.75, 3.05) is 7.05 Å². The highest BCUT2D eigenvalue weighted by Crippen LogP contribution is 2.36. The third-order valence-electron chi connectivity index (χ3n) is 3.68. The number of hydrogen-bond donors (Lipinski definition) is 1. The number of ether oxygens (including phenoxy) is 1. The molecule has 0 saturated carbocycles. The van der Waals surface area contributed by atoms with E-state index in [4.69, 9.17) is 4.74 Å². The van der Waals surface area contributed by atoms with Gasteiger partial charge >= 0.3 is 0 Å². The summed E-state index contributed by atoms with van der Waals surface area (Å²) in [6, 6.07) is 12.7. The Morgan fingerprint density at radius 2 is 2.21 bits per heavy atom. The van der Waals surface area contributed by atoms with Crippen LogP contribution in [0.1, 0.15) is 29.3 Å². The second-order valence-corrected chi connectivity index (χ2v) is 4.81. The van der Waals surface area contributed by atoms with Gasteiger partial charge in [0.05, 0.1) is 5.69 Å². The molecule has 1 aliphatic rings. The summed E-state index contributed by atoms with van der Waals surface area (Å²) >= 11 is 0. The summed E-state index contributed by atoms with van der Waals surface area (Å²) in [5, 5.41) is 3.35. The molecule has 3 rings (SSSR count). The molecule has 1 atom stereocenters. The van der Waals surface area contributed by atoms with Crippen LogP contribution in [0.3, 0.4) is 0 Å². The first-order valence-corrected chi connectivity index (χ1v) is 6.70. The van der Waals surface area contributed by atoms with Crippen LogP contribution in [0.15, 0.2) is 42.6 Å². The van der Waals surface area contributed by atoms with Gasteiger partial charge in [0.1, 0.15) is 12.4 Å². The smallest absolute Gasteiger partial charge is 0.130 e. The Hall–Kier alpha value is -1.87. The molecule has 0 radical (unpaired) electrons. The zero-order valence-corrected chi connectivity index (χ0v) is 11.1. The number of benzene rings is 1. The zero-order valence-electron chi connectivity index (χ0n) is 11.1. The van der Waals surface area contributed by atoms with Crippen LogP contribution in [-0.4, -0.2) is 12.0 Å². The van der Waals surface area contributed by atoms with Crippen molar-refractivity contribution < 1.29 is 4.74 Å². The monoisotopic (exact) mass is 254 g/mol. The Balaban J connectivity index is 1.78. The maximum absolute atomic E-state index is 5.94. The lowest BCUT2D eigenvalue weighted by Gasteiger charge is -2.12. The van der Waals surface area contributed by atoms with Crippen LogP contribution in [0.5, 0.6) is 5.75 Å². The highest BCUT2D eigenvalue weighted by atomic mass is 16.5. The molecule has 1 aliphatic carbocycles. The van der Waals surface area contributed by atoms with Gasteiger partial charge in [-0.3, -0.25) is 4.98 Å².